The molecule has 29 heavy (non-hydrogen) atoms. The van der Waals surface area contributed by atoms with E-state index in [0.717, 1.165) is 17.5 Å². The van der Waals surface area contributed by atoms with Crippen LogP contribution in [0.25, 0.3) is 0 Å². The van der Waals surface area contributed by atoms with Crippen LogP contribution in [0.15, 0.2) is 78.9 Å². The molecule has 148 valence electrons. The van der Waals surface area contributed by atoms with Crippen LogP contribution in [0.1, 0.15) is 28.4 Å². The zero-order chi connectivity index (χ0) is 20.5. The summed E-state index contributed by atoms with van der Waals surface area (Å²) in [6.07, 6.45) is 0.811. The van der Waals surface area contributed by atoms with Crippen molar-refractivity contribution in [2.45, 2.75) is 19.9 Å². The molecular weight excluding hydrogens is 366 g/mol. The number of aryl methyl sites for hydroxylation is 1. The second-order valence-corrected chi connectivity index (χ2v) is 6.42. The number of ether oxygens (including phenoxy) is 2. The van der Waals surface area contributed by atoms with E-state index >= 15 is 0 Å². The summed E-state index contributed by atoms with van der Waals surface area (Å²) in [7, 11) is 0. The second kappa shape index (κ2) is 10.1. The Morgan fingerprint density at radius 1 is 0.897 bits per heavy atom. The van der Waals surface area contributed by atoms with Crippen molar-refractivity contribution in [3.8, 4) is 11.5 Å². The summed E-state index contributed by atoms with van der Waals surface area (Å²) in [5.41, 5.74) is 2.45. The third-order valence-corrected chi connectivity index (χ3v) is 4.32. The Kier molecular flexibility index (Phi) is 7.00. The molecule has 0 spiro atoms. The van der Waals surface area contributed by atoms with Gasteiger partial charge < -0.3 is 14.8 Å². The van der Waals surface area contributed by atoms with E-state index in [1.807, 2.05) is 61.5 Å². The van der Waals surface area contributed by atoms with Crippen molar-refractivity contribution in [2.24, 2.45) is 0 Å². The molecule has 0 fully saturated rings. The van der Waals surface area contributed by atoms with Gasteiger partial charge in [0.05, 0.1) is 0 Å². The lowest BCUT2D eigenvalue weighted by Crippen LogP contribution is -2.23. The normalized spacial score (nSPS) is 10.2. The zero-order valence-electron chi connectivity index (χ0n) is 16.3. The van der Waals surface area contributed by atoms with Gasteiger partial charge in [-0.3, -0.25) is 4.79 Å². The molecule has 5 nitrogen and oxygen atoms in total. The number of hydrogen-bond donors (Lipinski definition) is 1. The molecule has 0 radical (unpaired) electrons. The Morgan fingerprint density at radius 2 is 1.66 bits per heavy atom. The Bertz CT molecular complexity index is 969. The van der Waals surface area contributed by atoms with Crippen LogP contribution in [0.3, 0.4) is 0 Å². The first-order chi connectivity index (χ1) is 14.2. The molecular formula is C24H23NO4. The first kappa shape index (κ1) is 20.1. The van der Waals surface area contributed by atoms with E-state index in [0.29, 0.717) is 23.6 Å². The van der Waals surface area contributed by atoms with Gasteiger partial charge in [0.2, 0.25) is 0 Å². The highest BCUT2D eigenvalue weighted by molar-refractivity contribution is 5.94. The number of nitrogens with one attached hydrogen (secondary N) is 1. The standard InChI is InChI=1S/C24H23NO4/c1-2-19-11-6-7-14-22(19)28-17-23(26)29-21-13-8-12-20(15-21)24(27)25-16-18-9-4-3-5-10-18/h3-15H,2,16-17H2,1H3,(H,25,27). The summed E-state index contributed by atoms with van der Waals surface area (Å²) >= 11 is 0. The van der Waals surface area contributed by atoms with Crippen molar-refractivity contribution in [3.63, 3.8) is 0 Å². The van der Waals surface area contributed by atoms with Crippen LogP contribution in [0.4, 0.5) is 0 Å². The fourth-order valence-electron chi connectivity index (χ4n) is 2.82. The molecule has 0 saturated heterocycles. The highest BCUT2D eigenvalue weighted by Crippen LogP contribution is 2.19. The molecule has 0 aliphatic heterocycles. The number of rotatable bonds is 8. The minimum absolute atomic E-state index is 0.207. The topological polar surface area (TPSA) is 64.6 Å². The van der Waals surface area contributed by atoms with E-state index < -0.39 is 5.97 Å². The van der Waals surface area contributed by atoms with E-state index in [1.54, 1.807) is 18.2 Å². The van der Waals surface area contributed by atoms with Crippen LogP contribution in [0.2, 0.25) is 0 Å². The minimum atomic E-state index is -0.530. The van der Waals surface area contributed by atoms with Crippen molar-refractivity contribution >= 4 is 11.9 Å². The highest BCUT2D eigenvalue weighted by Gasteiger charge is 2.11. The number of carbonyl (C=O) groups excluding carboxylic acids is 2. The van der Waals surface area contributed by atoms with Crippen molar-refractivity contribution in [1.82, 2.24) is 5.32 Å². The molecule has 0 aliphatic carbocycles. The predicted molar refractivity (Wildman–Crippen MR) is 111 cm³/mol. The van der Waals surface area contributed by atoms with Gasteiger partial charge in [-0.25, -0.2) is 4.79 Å². The molecule has 0 unspecified atom stereocenters. The van der Waals surface area contributed by atoms with E-state index in [4.69, 9.17) is 9.47 Å². The molecule has 0 saturated carbocycles. The van der Waals surface area contributed by atoms with Gasteiger partial charge in [-0.05, 0) is 41.8 Å². The smallest absolute Gasteiger partial charge is 0.349 e. The van der Waals surface area contributed by atoms with Crippen molar-refractivity contribution < 1.29 is 19.1 Å². The molecule has 0 atom stereocenters. The predicted octanol–water partition coefficient (Wildman–Crippen LogP) is 4.16. The molecule has 0 aliphatic rings. The fraction of sp³-hybridized carbons (Fsp3) is 0.167. The van der Waals surface area contributed by atoms with Crippen LogP contribution in [-0.2, 0) is 17.8 Å². The molecule has 3 aromatic rings. The number of benzene rings is 3. The van der Waals surface area contributed by atoms with Gasteiger partial charge in [0.15, 0.2) is 6.61 Å². The molecule has 0 bridgehead atoms. The van der Waals surface area contributed by atoms with Gasteiger partial charge >= 0.3 is 5.97 Å². The highest BCUT2D eigenvalue weighted by atomic mass is 16.6. The Morgan fingerprint density at radius 3 is 2.45 bits per heavy atom. The lowest BCUT2D eigenvalue weighted by molar-refractivity contribution is -0.136. The van der Waals surface area contributed by atoms with Gasteiger partial charge in [-0.2, -0.15) is 0 Å². The molecule has 1 amide bonds. The van der Waals surface area contributed by atoms with Gasteiger partial charge in [0.1, 0.15) is 11.5 Å². The number of esters is 1. The van der Waals surface area contributed by atoms with E-state index in [2.05, 4.69) is 5.32 Å². The lowest BCUT2D eigenvalue weighted by Gasteiger charge is -2.10. The molecule has 3 rings (SSSR count). The Labute approximate surface area is 170 Å². The summed E-state index contributed by atoms with van der Waals surface area (Å²) in [5.74, 6) is 0.202. The van der Waals surface area contributed by atoms with E-state index in [9.17, 15) is 9.59 Å². The summed E-state index contributed by atoms with van der Waals surface area (Å²) in [4.78, 5) is 24.5. The van der Waals surface area contributed by atoms with Crippen molar-refractivity contribution in [3.05, 3.63) is 95.6 Å². The molecule has 0 heterocycles. The first-order valence-electron chi connectivity index (χ1n) is 9.49. The Hall–Kier alpha value is -3.60. The fourth-order valence-corrected chi connectivity index (χ4v) is 2.82. The number of carbonyl (C=O) groups is 2. The van der Waals surface area contributed by atoms with Crippen LogP contribution in [0, 0.1) is 0 Å². The number of hydrogen-bond acceptors (Lipinski definition) is 4. The van der Waals surface area contributed by atoms with Gasteiger partial charge in [-0.15, -0.1) is 0 Å². The summed E-state index contributed by atoms with van der Waals surface area (Å²) in [6, 6.07) is 23.7. The maximum absolute atomic E-state index is 12.4. The zero-order valence-corrected chi connectivity index (χ0v) is 16.3. The molecule has 0 aromatic heterocycles. The Balaban J connectivity index is 1.54. The summed E-state index contributed by atoms with van der Waals surface area (Å²) in [5, 5.41) is 2.85. The summed E-state index contributed by atoms with van der Waals surface area (Å²) < 4.78 is 10.9. The maximum atomic E-state index is 12.4. The maximum Gasteiger partial charge on any atom is 0.349 e. The number of amides is 1. The molecule has 1 N–H and O–H groups in total. The monoisotopic (exact) mass is 389 g/mol. The van der Waals surface area contributed by atoms with Crippen LogP contribution >= 0.6 is 0 Å². The largest absolute Gasteiger partial charge is 0.482 e. The van der Waals surface area contributed by atoms with Crippen molar-refractivity contribution in [2.75, 3.05) is 6.61 Å². The quantitative estimate of drug-likeness (QED) is 0.464. The first-order valence-corrected chi connectivity index (χ1v) is 9.49. The third-order valence-electron chi connectivity index (χ3n) is 4.32. The molecule has 3 aromatic carbocycles. The second-order valence-electron chi connectivity index (χ2n) is 6.42. The summed E-state index contributed by atoms with van der Waals surface area (Å²) in [6.45, 7) is 2.24. The number of para-hydroxylation sites is 1. The third kappa shape index (κ3) is 5.94. The average molecular weight is 389 g/mol. The van der Waals surface area contributed by atoms with Crippen LogP contribution < -0.4 is 14.8 Å². The van der Waals surface area contributed by atoms with Crippen LogP contribution in [-0.4, -0.2) is 18.5 Å². The van der Waals surface area contributed by atoms with Gasteiger partial charge in [-0.1, -0.05) is 61.5 Å². The lowest BCUT2D eigenvalue weighted by atomic mass is 10.1. The SMILES string of the molecule is CCc1ccccc1OCC(=O)Oc1cccc(C(=O)NCc2ccccc2)c1. The van der Waals surface area contributed by atoms with E-state index in [-0.39, 0.29) is 12.5 Å². The average Bonchev–Trinajstić information content (AvgIpc) is 2.77. The van der Waals surface area contributed by atoms with Gasteiger partial charge in [0.25, 0.3) is 5.91 Å². The molecule has 5 heteroatoms. The van der Waals surface area contributed by atoms with Gasteiger partial charge in [0, 0.05) is 12.1 Å². The van der Waals surface area contributed by atoms with E-state index in [1.165, 1.54) is 6.07 Å². The van der Waals surface area contributed by atoms with Crippen LogP contribution in [0.5, 0.6) is 11.5 Å². The van der Waals surface area contributed by atoms with Crippen molar-refractivity contribution in [1.29, 1.82) is 0 Å². The minimum Gasteiger partial charge on any atom is -0.482 e.